The number of halogens is 2. The predicted octanol–water partition coefficient (Wildman–Crippen LogP) is 2.39. The number of aliphatic hydroxyl groups is 1. The van der Waals surface area contributed by atoms with Gasteiger partial charge in [-0.15, -0.1) is 0 Å². The molecule has 1 aromatic carbocycles. The molecule has 0 saturated heterocycles. The van der Waals surface area contributed by atoms with Gasteiger partial charge in [0.05, 0.1) is 6.10 Å². The molecule has 0 aliphatic rings. The van der Waals surface area contributed by atoms with Crippen molar-refractivity contribution in [1.29, 1.82) is 0 Å². The van der Waals surface area contributed by atoms with Crippen molar-refractivity contribution in [2.75, 3.05) is 17.6 Å². The molecule has 0 radical (unpaired) electrons. The zero-order valence-corrected chi connectivity index (χ0v) is 9.08. The second-order valence-corrected chi connectivity index (χ2v) is 3.59. The van der Waals surface area contributed by atoms with Gasteiger partial charge in [0.1, 0.15) is 0 Å². The first-order chi connectivity index (χ1) is 7.54. The van der Waals surface area contributed by atoms with Crippen molar-refractivity contribution in [2.24, 2.45) is 0 Å². The third-order valence-corrected chi connectivity index (χ3v) is 2.31. The summed E-state index contributed by atoms with van der Waals surface area (Å²) in [4.78, 5) is 0. The molecule has 0 saturated carbocycles. The first-order valence-electron chi connectivity index (χ1n) is 5.14. The van der Waals surface area contributed by atoms with Gasteiger partial charge in [-0.3, -0.25) is 0 Å². The number of alkyl halides is 2. The van der Waals surface area contributed by atoms with Crippen LogP contribution in [-0.4, -0.2) is 17.8 Å². The number of anilines is 2. The maximum absolute atomic E-state index is 12.7. The van der Waals surface area contributed by atoms with E-state index in [2.05, 4.69) is 5.32 Å². The summed E-state index contributed by atoms with van der Waals surface area (Å²) in [6.07, 6.45) is -2.54. The third-order valence-electron chi connectivity index (χ3n) is 2.31. The van der Waals surface area contributed by atoms with Crippen molar-refractivity contribution in [3.63, 3.8) is 0 Å². The van der Waals surface area contributed by atoms with Crippen molar-refractivity contribution in [2.45, 2.75) is 25.9 Å². The maximum atomic E-state index is 12.7. The van der Waals surface area contributed by atoms with Crippen LogP contribution in [0.1, 0.15) is 25.3 Å². The Balaban J connectivity index is 2.78. The van der Waals surface area contributed by atoms with Crippen LogP contribution in [0.4, 0.5) is 20.2 Å². The summed E-state index contributed by atoms with van der Waals surface area (Å²) in [7, 11) is 0. The molecule has 0 bridgehead atoms. The van der Waals surface area contributed by atoms with E-state index in [9.17, 15) is 13.9 Å². The molecule has 4 N–H and O–H groups in total. The van der Waals surface area contributed by atoms with Crippen molar-refractivity contribution in [3.8, 4) is 0 Å². The summed E-state index contributed by atoms with van der Waals surface area (Å²) < 4.78 is 25.3. The number of nitrogens with two attached hydrogens (primary N) is 1. The molecule has 1 aromatic rings. The molecular weight excluding hydrogens is 214 g/mol. The molecule has 0 aliphatic carbocycles. The Bertz CT molecular complexity index is 345. The molecular formula is C11H16F2N2O. The third kappa shape index (κ3) is 3.34. The van der Waals surface area contributed by atoms with E-state index in [1.807, 2.05) is 6.92 Å². The van der Waals surface area contributed by atoms with E-state index in [1.165, 1.54) is 12.1 Å². The monoisotopic (exact) mass is 230 g/mol. The Kier molecular flexibility index (Phi) is 4.49. The topological polar surface area (TPSA) is 58.3 Å². The lowest BCUT2D eigenvalue weighted by Crippen LogP contribution is -2.19. The minimum Gasteiger partial charge on any atom is -0.399 e. The average Bonchev–Trinajstić information content (AvgIpc) is 2.26. The fourth-order valence-electron chi connectivity index (χ4n) is 1.29. The maximum Gasteiger partial charge on any atom is 0.265 e. The van der Waals surface area contributed by atoms with Crippen molar-refractivity contribution in [1.82, 2.24) is 0 Å². The second kappa shape index (κ2) is 5.65. The van der Waals surface area contributed by atoms with Gasteiger partial charge in [0.25, 0.3) is 6.43 Å². The van der Waals surface area contributed by atoms with Gasteiger partial charge in [-0.1, -0.05) is 6.92 Å². The number of benzene rings is 1. The highest BCUT2D eigenvalue weighted by Gasteiger charge is 2.13. The van der Waals surface area contributed by atoms with Crippen LogP contribution in [0, 0.1) is 0 Å². The Morgan fingerprint density at radius 3 is 2.69 bits per heavy atom. The molecule has 90 valence electrons. The van der Waals surface area contributed by atoms with Crippen LogP contribution < -0.4 is 11.1 Å². The highest BCUT2D eigenvalue weighted by molar-refractivity contribution is 5.58. The fraction of sp³-hybridized carbons (Fsp3) is 0.455. The van der Waals surface area contributed by atoms with E-state index >= 15 is 0 Å². The summed E-state index contributed by atoms with van der Waals surface area (Å²) in [5.74, 6) is 0. The minimum atomic E-state index is -2.58. The molecule has 0 heterocycles. The van der Waals surface area contributed by atoms with E-state index in [1.54, 1.807) is 6.07 Å². The Morgan fingerprint density at radius 1 is 1.44 bits per heavy atom. The Labute approximate surface area is 93.3 Å². The van der Waals surface area contributed by atoms with Gasteiger partial charge >= 0.3 is 0 Å². The molecule has 0 amide bonds. The van der Waals surface area contributed by atoms with Gasteiger partial charge in [-0.05, 0) is 24.6 Å². The summed E-state index contributed by atoms with van der Waals surface area (Å²) in [6, 6.07) is 4.29. The highest BCUT2D eigenvalue weighted by Crippen LogP contribution is 2.28. The smallest absolute Gasteiger partial charge is 0.265 e. The fourth-order valence-corrected chi connectivity index (χ4v) is 1.29. The lowest BCUT2D eigenvalue weighted by Gasteiger charge is -2.14. The van der Waals surface area contributed by atoms with E-state index in [4.69, 9.17) is 5.73 Å². The van der Waals surface area contributed by atoms with Crippen LogP contribution in [0.3, 0.4) is 0 Å². The standard InChI is InChI=1S/C11H16F2N2O/c1-2-8(16)6-15-10-4-3-7(14)5-9(10)11(12)13/h3-5,8,11,15-16H,2,6,14H2,1H3. The highest BCUT2D eigenvalue weighted by atomic mass is 19.3. The van der Waals surface area contributed by atoms with Crippen molar-refractivity contribution in [3.05, 3.63) is 23.8 Å². The van der Waals surface area contributed by atoms with Crippen LogP contribution in [0.25, 0.3) is 0 Å². The Morgan fingerprint density at radius 2 is 2.12 bits per heavy atom. The average molecular weight is 230 g/mol. The summed E-state index contributed by atoms with van der Waals surface area (Å²) >= 11 is 0. The van der Waals surface area contributed by atoms with E-state index < -0.39 is 12.5 Å². The minimum absolute atomic E-state index is 0.136. The largest absolute Gasteiger partial charge is 0.399 e. The van der Waals surface area contributed by atoms with E-state index in [-0.39, 0.29) is 12.1 Å². The molecule has 5 heteroatoms. The second-order valence-electron chi connectivity index (χ2n) is 3.59. The van der Waals surface area contributed by atoms with Gasteiger partial charge < -0.3 is 16.2 Å². The zero-order valence-electron chi connectivity index (χ0n) is 9.08. The van der Waals surface area contributed by atoms with Gasteiger partial charge in [0, 0.05) is 23.5 Å². The van der Waals surface area contributed by atoms with Crippen LogP contribution >= 0.6 is 0 Å². The predicted molar refractivity (Wildman–Crippen MR) is 60.6 cm³/mol. The first kappa shape index (κ1) is 12.7. The molecule has 0 aromatic heterocycles. The molecule has 0 fully saturated rings. The zero-order chi connectivity index (χ0) is 12.1. The number of nitrogen functional groups attached to an aromatic ring is 1. The van der Waals surface area contributed by atoms with Gasteiger partial charge in [0.15, 0.2) is 0 Å². The SMILES string of the molecule is CCC(O)CNc1ccc(N)cc1C(F)F. The molecule has 1 rings (SSSR count). The summed E-state index contributed by atoms with van der Waals surface area (Å²) in [5.41, 5.74) is 5.92. The normalized spacial score (nSPS) is 12.8. The number of nitrogens with one attached hydrogen (secondary N) is 1. The summed E-state index contributed by atoms with van der Waals surface area (Å²) in [6.45, 7) is 2.07. The molecule has 0 aliphatic heterocycles. The van der Waals surface area contributed by atoms with Gasteiger partial charge in [-0.2, -0.15) is 0 Å². The van der Waals surface area contributed by atoms with Crippen LogP contribution in [0.15, 0.2) is 18.2 Å². The molecule has 3 nitrogen and oxygen atoms in total. The number of aliphatic hydroxyl groups excluding tert-OH is 1. The number of rotatable bonds is 5. The first-order valence-corrected chi connectivity index (χ1v) is 5.14. The van der Waals surface area contributed by atoms with Crippen LogP contribution in [0.5, 0.6) is 0 Å². The van der Waals surface area contributed by atoms with Gasteiger partial charge in [0.2, 0.25) is 0 Å². The summed E-state index contributed by atoms with van der Waals surface area (Å²) in [5, 5.41) is 12.1. The molecule has 1 atom stereocenters. The molecule has 0 spiro atoms. The van der Waals surface area contributed by atoms with Crippen LogP contribution in [-0.2, 0) is 0 Å². The number of hydrogen-bond donors (Lipinski definition) is 3. The lowest BCUT2D eigenvalue weighted by atomic mass is 10.1. The van der Waals surface area contributed by atoms with Gasteiger partial charge in [-0.25, -0.2) is 8.78 Å². The quantitative estimate of drug-likeness (QED) is 0.681. The van der Waals surface area contributed by atoms with E-state index in [0.717, 1.165) is 0 Å². The lowest BCUT2D eigenvalue weighted by molar-refractivity contribution is 0.151. The molecule has 16 heavy (non-hydrogen) atoms. The molecule has 1 unspecified atom stereocenters. The van der Waals surface area contributed by atoms with Crippen LogP contribution in [0.2, 0.25) is 0 Å². The van der Waals surface area contributed by atoms with Crippen molar-refractivity contribution >= 4 is 11.4 Å². The van der Waals surface area contributed by atoms with E-state index in [0.29, 0.717) is 17.8 Å². The number of hydrogen-bond acceptors (Lipinski definition) is 3. The van der Waals surface area contributed by atoms with Crippen molar-refractivity contribution < 1.29 is 13.9 Å². The Hall–Kier alpha value is -1.36.